The Morgan fingerprint density at radius 3 is 2.68 bits per heavy atom. The molecule has 0 bridgehead atoms. The van der Waals surface area contributed by atoms with Gasteiger partial charge in [-0.3, -0.25) is 4.99 Å². The second kappa shape index (κ2) is 13.7. The molecule has 0 aromatic carbocycles. The lowest BCUT2D eigenvalue weighted by molar-refractivity contribution is 0.119. The molecule has 0 aliphatic carbocycles. The lowest BCUT2D eigenvalue weighted by Crippen LogP contribution is -2.42. The van der Waals surface area contributed by atoms with Crippen molar-refractivity contribution in [1.29, 1.82) is 0 Å². The van der Waals surface area contributed by atoms with Crippen LogP contribution in [0.15, 0.2) is 10.4 Å². The molecule has 0 radical (unpaired) electrons. The predicted octanol–water partition coefficient (Wildman–Crippen LogP) is 3.21. The van der Waals surface area contributed by atoms with Crippen molar-refractivity contribution in [2.75, 3.05) is 47.4 Å². The van der Waals surface area contributed by atoms with Crippen LogP contribution < -0.4 is 5.32 Å². The quantitative estimate of drug-likeness (QED) is 0.315. The average Bonchev–Trinajstić information content (AvgIpc) is 3.05. The van der Waals surface area contributed by atoms with E-state index >= 15 is 0 Å². The zero-order valence-corrected chi connectivity index (χ0v) is 19.6. The molecule has 0 saturated carbocycles. The summed E-state index contributed by atoms with van der Waals surface area (Å²) < 4.78 is 5.32. The Morgan fingerprint density at radius 1 is 1.40 bits per heavy atom. The molecular formula is C17H34IN5OS. The highest BCUT2D eigenvalue weighted by molar-refractivity contribution is 14.0. The highest BCUT2D eigenvalue weighted by atomic mass is 127. The van der Waals surface area contributed by atoms with Gasteiger partial charge in [-0.05, 0) is 26.4 Å². The maximum absolute atomic E-state index is 5.32. The first-order chi connectivity index (χ1) is 11.5. The molecular weight excluding hydrogens is 449 g/mol. The third-order valence-corrected chi connectivity index (χ3v) is 5.00. The SMILES string of the molecule is CCCN(CC)CCNC(=NC)N(C)Cc1csc(C(C)OC)n1.I. The zero-order chi connectivity index (χ0) is 17.9. The second-order valence-electron chi connectivity index (χ2n) is 5.82. The van der Waals surface area contributed by atoms with E-state index in [0.717, 1.165) is 49.4 Å². The number of aliphatic imine (C=N–C) groups is 1. The molecule has 0 aliphatic rings. The van der Waals surface area contributed by atoms with Crippen LogP contribution in [0.3, 0.4) is 0 Å². The van der Waals surface area contributed by atoms with Crippen LogP contribution in [0, 0.1) is 0 Å². The Balaban J connectivity index is 0.00000576. The number of guanidine groups is 1. The normalized spacial score (nSPS) is 12.8. The van der Waals surface area contributed by atoms with E-state index in [2.05, 4.69) is 44.3 Å². The fraction of sp³-hybridized carbons (Fsp3) is 0.765. The number of methoxy groups -OCH3 is 1. The summed E-state index contributed by atoms with van der Waals surface area (Å²) in [6, 6.07) is 0. The Labute approximate surface area is 174 Å². The molecule has 1 unspecified atom stereocenters. The summed E-state index contributed by atoms with van der Waals surface area (Å²) in [5, 5.41) is 6.55. The van der Waals surface area contributed by atoms with Crippen LogP contribution in [0.5, 0.6) is 0 Å². The number of nitrogens with zero attached hydrogens (tertiary/aromatic N) is 4. The van der Waals surface area contributed by atoms with Gasteiger partial charge in [0.05, 0.1) is 12.2 Å². The average molecular weight is 483 g/mol. The van der Waals surface area contributed by atoms with Gasteiger partial charge in [0.15, 0.2) is 5.96 Å². The molecule has 1 atom stereocenters. The van der Waals surface area contributed by atoms with Crippen molar-refractivity contribution in [2.24, 2.45) is 4.99 Å². The van der Waals surface area contributed by atoms with Crippen LogP contribution in [0.1, 0.15) is 44.0 Å². The Morgan fingerprint density at radius 2 is 2.12 bits per heavy atom. The van der Waals surface area contributed by atoms with Gasteiger partial charge in [0.2, 0.25) is 0 Å². The topological polar surface area (TPSA) is 53.0 Å². The molecule has 6 nitrogen and oxygen atoms in total. The molecule has 1 aromatic heterocycles. The van der Waals surface area contributed by atoms with Gasteiger partial charge in [0, 0.05) is 39.7 Å². The lowest BCUT2D eigenvalue weighted by Gasteiger charge is -2.24. The van der Waals surface area contributed by atoms with Crippen molar-refractivity contribution >= 4 is 41.3 Å². The first-order valence-electron chi connectivity index (χ1n) is 8.66. The highest BCUT2D eigenvalue weighted by Crippen LogP contribution is 2.20. The van der Waals surface area contributed by atoms with Crippen LogP contribution in [0.4, 0.5) is 0 Å². The molecule has 1 heterocycles. The minimum absolute atomic E-state index is 0. The van der Waals surface area contributed by atoms with Gasteiger partial charge in [0.1, 0.15) is 11.1 Å². The number of aromatic nitrogens is 1. The summed E-state index contributed by atoms with van der Waals surface area (Å²) in [6.07, 6.45) is 1.24. The third-order valence-electron chi connectivity index (χ3n) is 3.94. The van der Waals surface area contributed by atoms with Crippen molar-refractivity contribution in [3.05, 3.63) is 16.1 Å². The van der Waals surface area contributed by atoms with E-state index in [1.807, 2.05) is 21.0 Å². The van der Waals surface area contributed by atoms with E-state index in [4.69, 9.17) is 4.74 Å². The molecule has 8 heteroatoms. The monoisotopic (exact) mass is 483 g/mol. The van der Waals surface area contributed by atoms with E-state index in [1.165, 1.54) is 6.42 Å². The summed E-state index contributed by atoms with van der Waals surface area (Å²) in [4.78, 5) is 13.6. The first kappa shape index (κ1) is 24.6. The summed E-state index contributed by atoms with van der Waals surface area (Å²) in [5.74, 6) is 0.900. The summed E-state index contributed by atoms with van der Waals surface area (Å²) in [5.41, 5.74) is 1.05. The van der Waals surface area contributed by atoms with E-state index in [0.29, 0.717) is 0 Å². The van der Waals surface area contributed by atoms with Crippen molar-refractivity contribution in [2.45, 2.75) is 39.8 Å². The number of likely N-dealkylation sites (N-methyl/N-ethyl adjacent to an activating group) is 1. The van der Waals surface area contributed by atoms with E-state index in [1.54, 1.807) is 18.4 Å². The molecule has 146 valence electrons. The minimum atomic E-state index is 0. The van der Waals surface area contributed by atoms with Gasteiger partial charge >= 0.3 is 0 Å². The summed E-state index contributed by atoms with van der Waals surface area (Å²) >= 11 is 1.64. The molecule has 1 aromatic rings. The highest BCUT2D eigenvalue weighted by Gasteiger charge is 2.12. The molecule has 25 heavy (non-hydrogen) atoms. The summed E-state index contributed by atoms with van der Waals surface area (Å²) in [7, 11) is 5.57. The minimum Gasteiger partial charge on any atom is -0.375 e. The third kappa shape index (κ3) is 8.65. The van der Waals surface area contributed by atoms with E-state index in [9.17, 15) is 0 Å². The molecule has 0 amide bonds. The fourth-order valence-electron chi connectivity index (χ4n) is 2.46. The van der Waals surface area contributed by atoms with Gasteiger partial charge < -0.3 is 19.9 Å². The molecule has 1 N–H and O–H groups in total. The van der Waals surface area contributed by atoms with Crippen LogP contribution in [0.25, 0.3) is 0 Å². The standard InChI is InChI=1S/C17H33N5OS.HI/c1-7-10-22(8-2)11-9-19-17(18-4)21(5)12-15-13-24-16(20-15)14(3)23-6;/h13-14H,7-12H2,1-6H3,(H,18,19);1H. The van der Waals surface area contributed by atoms with Gasteiger partial charge in [-0.25, -0.2) is 4.98 Å². The Kier molecular flexibility index (Phi) is 13.5. The molecule has 0 saturated heterocycles. The number of thiazole rings is 1. The van der Waals surface area contributed by atoms with Crippen molar-refractivity contribution < 1.29 is 4.74 Å². The Hall–Kier alpha value is -0.450. The zero-order valence-electron chi connectivity index (χ0n) is 16.4. The second-order valence-corrected chi connectivity index (χ2v) is 6.71. The van der Waals surface area contributed by atoms with E-state index < -0.39 is 0 Å². The van der Waals surface area contributed by atoms with Gasteiger partial charge in [-0.1, -0.05) is 13.8 Å². The number of halogens is 1. The number of hydrogen-bond donors (Lipinski definition) is 1. The van der Waals surface area contributed by atoms with E-state index in [-0.39, 0.29) is 30.1 Å². The van der Waals surface area contributed by atoms with Crippen LogP contribution >= 0.6 is 35.3 Å². The van der Waals surface area contributed by atoms with Crippen LogP contribution in [-0.4, -0.2) is 68.1 Å². The molecule has 0 spiro atoms. The maximum Gasteiger partial charge on any atom is 0.193 e. The lowest BCUT2D eigenvalue weighted by atomic mass is 10.4. The fourth-order valence-corrected chi connectivity index (χ4v) is 3.30. The van der Waals surface area contributed by atoms with Crippen LogP contribution in [0.2, 0.25) is 0 Å². The number of rotatable bonds is 10. The maximum atomic E-state index is 5.32. The summed E-state index contributed by atoms with van der Waals surface area (Å²) in [6.45, 7) is 11.3. The number of ether oxygens (including phenoxy) is 1. The number of nitrogens with one attached hydrogen (secondary N) is 1. The molecule has 0 aliphatic heterocycles. The van der Waals surface area contributed by atoms with Gasteiger partial charge in [0.25, 0.3) is 0 Å². The smallest absolute Gasteiger partial charge is 0.193 e. The first-order valence-corrected chi connectivity index (χ1v) is 9.54. The Bertz CT molecular complexity index is 497. The van der Waals surface area contributed by atoms with Crippen LogP contribution in [-0.2, 0) is 11.3 Å². The molecule has 1 rings (SSSR count). The van der Waals surface area contributed by atoms with Gasteiger partial charge in [-0.2, -0.15) is 0 Å². The van der Waals surface area contributed by atoms with Crippen molar-refractivity contribution in [3.63, 3.8) is 0 Å². The largest absolute Gasteiger partial charge is 0.375 e. The molecule has 0 fully saturated rings. The van der Waals surface area contributed by atoms with Crippen molar-refractivity contribution in [1.82, 2.24) is 20.1 Å². The number of hydrogen-bond acceptors (Lipinski definition) is 5. The van der Waals surface area contributed by atoms with Gasteiger partial charge in [-0.15, -0.1) is 35.3 Å². The predicted molar refractivity (Wildman–Crippen MR) is 118 cm³/mol. The van der Waals surface area contributed by atoms with Crippen molar-refractivity contribution in [3.8, 4) is 0 Å².